The first-order chi connectivity index (χ1) is 8.33. The van der Waals surface area contributed by atoms with Crippen molar-refractivity contribution in [2.45, 2.75) is 0 Å². The van der Waals surface area contributed by atoms with Crippen molar-refractivity contribution in [2.24, 2.45) is 0 Å². The molecular formula is C10H7N5OS. The third kappa shape index (κ3) is 1.87. The molecule has 0 unspecified atom stereocenters. The quantitative estimate of drug-likeness (QED) is 0.740. The lowest BCUT2D eigenvalue weighted by molar-refractivity contribution is 0.432. The van der Waals surface area contributed by atoms with Gasteiger partial charge in [-0.05, 0) is 6.07 Å². The predicted molar refractivity (Wildman–Crippen MR) is 63.0 cm³/mol. The lowest BCUT2D eigenvalue weighted by Gasteiger charge is -1.94. The van der Waals surface area contributed by atoms with Crippen molar-refractivity contribution >= 4 is 17.0 Å². The summed E-state index contributed by atoms with van der Waals surface area (Å²) in [4.78, 5) is 12.3. The van der Waals surface area contributed by atoms with Gasteiger partial charge in [-0.2, -0.15) is 4.98 Å². The van der Waals surface area contributed by atoms with Gasteiger partial charge in [0.2, 0.25) is 5.82 Å². The predicted octanol–water partition coefficient (Wildman–Crippen LogP) is 1.84. The molecule has 0 spiro atoms. The van der Waals surface area contributed by atoms with Crippen LogP contribution in [0.5, 0.6) is 0 Å². The van der Waals surface area contributed by atoms with Gasteiger partial charge in [0, 0.05) is 17.8 Å². The molecule has 84 valence electrons. The number of aromatic nitrogens is 4. The molecule has 0 atom stereocenters. The molecule has 0 saturated heterocycles. The Morgan fingerprint density at radius 1 is 1.29 bits per heavy atom. The molecule has 0 aliphatic rings. The number of anilines is 1. The van der Waals surface area contributed by atoms with Gasteiger partial charge < -0.3 is 10.3 Å². The average molecular weight is 245 g/mol. The maximum absolute atomic E-state index is 5.63. The van der Waals surface area contributed by atoms with Crippen LogP contribution in [0.2, 0.25) is 0 Å². The number of hydrogen-bond acceptors (Lipinski definition) is 7. The van der Waals surface area contributed by atoms with Crippen LogP contribution in [0.3, 0.4) is 0 Å². The minimum atomic E-state index is 0.382. The maximum atomic E-state index is 5.63. The molecule has 6 nitrogen and oxygen atoms in total. The van der Waals surface area contributed by atoms with Crippen LogP contribution in [-0.2, 0) is 0 Å². The van der Waals surface area contributed by atoms with Gasteiger partial charge >= 0.3 is 0 Å². The van der Waals surface area contributed by atoms with Crippen molar-refractivity contribution in [3.05, 3.63) is 29.4 Å². The summed E-state index contributed by atoms with van der Waals surface area (Å²) in [6, 6.07) is 1.73. The fourth-order valence-electron chi connectivity index (χ4n) is 1.34. The Kier molecular flexibility index (Phi) is 2.30. The Hall–Kier alpha value is -2.28. The summed E-state index contributed by atoms with van der Waals surface area (Å²) >= 11 is 1.48. The Balaban J connectivity index is 2.01. The van der Waals surface area contributed by atoms with E-state index in [0.29, 0.717) is 28.7 Å². The summed E-state index contributed by atoms with van der Waals surface area (Å²) < 4.78 is 5.14. The smallest absolute Gasteiger partial charge is 0.259 e. The van der Waals surface area contributed by atoms with E-state index in [4.69, 9.17) is 10.3 Å². The molecule has 3 rings (SSSR count). The van der Waals surface area contributed by atoms with Crippen LogP contribution < -0.4 is 5.73 Å². The second-order valence-electron chi connectivity index (χ2n) is 3.30. The van der Waals surface area contributed by atoms with E-state index >= 15 is 0 Å². The third-order valence-electron chi connectivity index (χ3n) is 2.09. The van der Waals surface area contributed by atoms with Gasteiger partial charge in [0.05, 0.1) is 16.8 Å². The number of nitrogens with two attached hydrogens (primary N) is 1. The van der Waals surface area contributed by atoms with Crippen LogP contribution in [-0.4, -0.2) is 20.1 Å². The number of hydrogen-bond donors (Lipinski definition) is 1. The molecule has 0 aromatic carbocycles. The highest BCUT2D eigenvalue weighted by molar-refractivity contribution is 7.07. The second-order valence-corrected chi connectivity index (χ2v) is 4.02. The molecule has 3 aromatic rings. The first-order valence-electron chi connectivity index (χ1n) is 4.76. The van der Waals surface area contributed by atoms with E-state index in [0.717, 1.165) is 0 Å². The molecular weight excluding hydrogens is 238 g/mol. The van der Waals surface area contributed by atoms with Crippen molar-refractivity contribution in [3.63, 3.8) is 0 Å². The summed E-state index contributed by atoms with van der Waals surface area (Å²) in [5.74, 6) is 0.844. The molecule has 2 N–H and O–H groups in total. The fraction of sp³-hybridized carbons (Fsp3) is 0. The van der Waals surface area contributed by atoms with Crippen LogP contribution in [0, 0.1) is 0 Å². The third-order valence-corrected chi connectivity index (χ3v) is 2.68. The lowest BCUT2D eigenvalue weighted by Crippen LogP contribution is -1.87. The van der Waals surface area contributed by atoms with E-state index in [-0.39, 0.29) is 0 Å². The van der Waals surface area contributed by atoms with Crippen molar-refractivity contribution in [1.29, 1.82) is 0 Å². The molecule has 0 radical (unpaired) electrons. The molecule has 17 heavy (non-hydrogen) atoms. The van der Waals surface area contributed by atoms with Crippen LogP contribution in [0.1, 0.15) is 0 Å². The highest BCUT2D eigenvalue weighted by Crippen LogP contribution is 2.22. The van der Waals surface area contributed by atoms with Crippen molar-refractivity contribution in [3.8, 4) is 23.0 Å². The summed E-state index contributed by atoms with van der Waals surface area (Å²) in [5.41, 5.74) is 9.29. The van der Waals surface area contributed by atoms with E-state index in [2.05, 4.69) is 20.1 Å². The number of nitrogen functional groups attached to an aromatic ring is 1. The highest BCUT2D eigenvalue weighted by Gasteiger charge is 2.12. The van der Waals surface area contributed by atoms with Crippen molar-refractivity contribution in [1.82, 2.24) is 20.1 Å². The van der Waals surface area contributed by atoms with Gasteiger partial charge in [-0.15, -0.1) is 11.3 Å². The molecule has 0 fully saturated rings. The summed E-state index contributed by atoms with van der Waals surface area (Å²) in [7, 11) is 0. The Labute approximate surface area is 100 Å². The van der Waals surface area contributed by atoms with Gasteiger partial charge in [0.15, 0.2) is 0 Å². The highest BCUT2D eigenvalue weighted by atomic mass is 32.1. The fourth-order valence-corrected chi connectivity index (χ4v) is 1.87. The van der Waals surface area contributed by atoms with Crippen LogP contribution >= 0.6 is 11.3 Å². The number of rotatable bonds is 2. The standard InChI is InChI=1S/C10H7N5OS/c11-7-1-6(2-12-3-7)10-14-9(15-16-10)8-4-17-5-13-8/h1-5H,11H2. The SMILES string of the molecule is Nc1cncc(-c2nc(-c3cscn3)no2)c1. The van der Waals surface area contributed by atoms with Gasteiger partial charge in [-0.3, -0.25) is 4.98 Å². The van der Waals surface area contributed by atoms with E-state index in [1.165, 1.54) is 11.3 Å². The Morgan fingerprint density at radius 3 is 3.00 bits per heavy atom. The first kappa shape index (κ1) is 9.91. The average Bonchev–Trinajstić information content (AvgIpc) is 3.00. The Morgan fingerprint density at radius 2 is 2.24 bits per heavy atom. The minimum Gasteiger partial charge on any atom is -0.397 e. The molecule has 0 aliphatic heterocycles. The van der Waals surface area contributed by atoms with Crippen LogP contribution in [0.25, 0.3) is 23.0 Å². The molecule has 0 bridgehead atoms. The van der Waals surface area contributed by atoms with Gasteiger partial charge in [0.25, 0.3) is 5.89 Å². The molecule has 3 heterocycles. The van der Waals surface area contributed by atoms with Gasteiger partial charge in [-0.1, -0.05) is 5.16 Å². The Bertz CT molecular complexity index is 634. The molecule has 7 heteroatoms. The normalized spacial score (nSPS) is 10.6. The first-order valence-corrected chi connectivity index (χ1v) is 5.70. The van der Waals surface area contributed by atoms with E-state index < -0.39 is 0 Å². The maximum Gasteiger partial charge on any atom is 0.259 e. The van der Waals surface area contributed by atoms with Crippen molar-refractivity contribution in [2.75, 3.05) is 5.73 Å². The molecule has 3 aromatic heterocycles. The van der Waals surface area contributed by atoms with E-state index in [1.54, 1.807) is 24.0 Å². The van der Waals surface area contributed by atoms with Crippen LogP contribution in [0.4, 0.5) is 5.69 Å². The molecule has 0 saturated carbocycles. The molecule has 0 aliphatic carbocycles. The second kappa shape index (κ2) is 3.95. The monoisotopic (exact) mass is 245 g/mol. The summed E-state index contributed by atoms with van der Waals surface area (Å²) in [5, 5.41) is 5.71. The number of pyridine rings is 1. The van der Waals surface area contributed by atoms with E-state index in [9.17, 15) is 0 Å². The largest absolute Gasteiger partial charge is 0.397 e. The summed E-state index contributed by atoms with van der Waals surface area (Å²) in [6.45, 7) is 0. The zero-order valence-corrected chi connectivity index (χ0v) is 9.39. The van der Waals surface area contributed by atoms with Gasteiger partial charge in [0.1, 0.15) is 5.69 Å². The van der Waals surface area contributed by atoms with Crippen LogP contribution in [0.15, 0.2) is 33.9 Å². The molecule has 0 amide bonds. The lowest BCUT2D eigenvalue weighted by atomic mass is 10.2. The zero-order chi connectivity index (χ0) is 11.7. The zero-order valence-electron chi connectivity index (χ0n) is 8.57. The van der Waals surface area contributed by atoms with E-state index in [1.807, 2.05) is 5.38 Å². The topological polar surface area (TPSA) is 90.7 Å². The van der Waals surface area contributed by atoms with Gasteiger partial charge in [-0.25, -0.2) is 4.98 Å². The minimum absolute atomic E-state index is 0.382. The number of thiazole rings is 1. The number of nitrogens with zero attached hydrogens (tertiary/aromatic N) is 4. The summed E-state index contributed by atoms with van der Waals surface area (Å²) in [6.07, 6.45) is 3.18. The van der Waals surface area contributed by atoms with Crippen molar-refractivity contribution < 1.29 is 4.52 Å².